The first kappa shape index (κ1) is 17.1. The third kappa shape index (κ3) is 3.93. The quantitative estimate of drug-likeness (QED) is 0.572. The number of aromatic nitrogens is 4. The molecule has 134 valence electrons. The van der Waals surface area contributed by atoms with Crippen LogP contribution in [0.15, 0.2) is 67.3 Å². The fourth-order valence-corrected chi connectivity index (χ4v) is 3.59. The molecule has 0 aliphatic heterocycles. The molecule has 1 N–H and O–H groups in total. The molecule has 0 bridgehead atoms. The maximum atomic E-state index is 12.8. The highest BCUT2D eigenvalue weighted by Crippen LogP contribution is 2.28. The Kier molecular flexibility index (Phi) is 4.76. The van der Waals surface area contributed by atoms with E-state index >= 15 is 0 Å². The molecular weight excluding hydrogens is 358 g/mol. The Bertz CT molecular complexity index is 1040. The number of hydrogen-bond donors (Lipinski definition) is 1. The lowest BCUT2D eigenvalue weighted by atomic mass is 10.1. The predicted octanol–water partition coefficient (Wildman–Crippen LogP) is 4.01. The van der Waals surface area contributed by atoms with Crippen molar-refractivity contribution in [1.82, 2.24) is 19.7 Å². The van der Waals surface area contributed by atoms with Crippen molar-refractivity contribution in [3.63, 3.8) is 0 Å². The van der Waals surface area contributed by atoms with Crippen molar-refractivity contribution in [3.05, 3.63) is 82.7 Å². The van der Waals surface area contributed by atoms with Crippen molar-refractivity contribution < 1.29 is 4.79 Å². The molecule has 2 aromatic heterocycles. The molecule has 0 fully saturated rings. The third-order valence-corrected chi connectivity index (χ3v) is 4.98. The van der Waals surface area contributed by atoms with Crippen LogP contribution in [0.2, 0.25) is 0 Å². The number of hydrogen-bond acceptors (Lipinski definition) is 5. The van der Waals surface area contributed by atoms with Crippen LogP contribution in [0.1, 0.15) is 20.2 Å². The zero-order chi connectivity index (χ0) is 18.6. The molecule has 0 atom stereocenters. The zero-order valence-electron chi connectivity index (χ0n) is 14.7. The molecule has 27 heavy (non-hydrogen) atoms. The number of nitrogens with zero attached hydrogens (tertiary/aromatic N) is 4. The van der Waals surface area contributed by atoms with Crippen LogP contribution in [0, 0.1) is 6.92 Å². The van der Waals surface area contributed by atoms with E-state index in [1.165, 1.54) is 17.7 Å². The molecule has 2 heterocycles. The number of thiazole rings is 1. The van der Waals surface area contributed by atoms with Gasteiger partial charge in [0, 0.05) is 11.3 Å². The maximum Gasteiger partial charge on any atom is 0.268 e. The fourth-order valence-electron chi connectivity index (χ4n) is 2.76. The monoisotopic (exact) mass is 375 g/mol. The van der Waals surface area contributed by atoms with E-state index in [-0.39, 0.29) is 5.91 Å². The van der Waals surface area contributed by atoms with Crippen LogP contribution in [0.5, 0.6) is 0 Å². The van der Waals surface area contributed by atoms with Crippen molar-refractivity contribution in [2.75, 3.05) is 5.32 Å². The summed E-state index contributed by atoms with van der Waals surface area (Å²) in [6, 6.07) is 17.5. The van der Waals surface area contributed by atoms with Crippen LogP contribution in [0.25, 0.3) is 11.3 Å². The van der Waals surface area contributed by atoms with Gasteiger partial charge < -0.3 is 5.32 Å². The number of amides is 1. The van der Waals surface area contributed by atoms with E-state index in [9.17, 15) is 4.79 Å². The average Bonchev–Trinajstić information content (AvgIpc) is 3.33. The molecule has 0 saturated carbocycles. The van der Waals surface area contributed by atoms with Crippen molar-refractivity contribution in [2.24, 2.45) is 0 Å². The molecule has 4 rings (SSSR count). The second-order valence-corrected chi connectivity index (χ2v) is 7.22. The smallest absolute Gasteiger partial charge is 0.268 e. The molecular formula is C20H17N5OS. The summed E-state index contributed by atoms with van der Waals surface area (Å²) < 4.78 is 1.75. The van der Waals surface area contributed by atoms with Crippen LogP contribution in [0.4, 0.5) is 5.69 Å². The van der Waals surface area contributed by atoms with E-state index in [4.69, 9.17) is 0 Å². The van der Waals surface area contributed by atoms with Gasteiger partial charge >= 0.3 is 0 Å². The molecule has 0 radical (unpaired) electrons. The molecule has 7 heteroatoms. The van der Waals surface area contributed by atoms with Gasteiger partial charge in [-0.05, 0) is 24.6 Å². The SMILES string of the molecule is Cc1nc(-c2ccccc2)c(C(=O)Nc2ccc(Cn3cncn3)cc2)s1. The lowest BCUT2D eigenvalue weighted by molar-refractivity contribution is 0.103. The highest BCUT2D eigenvalue weighted by Gasteiger charge is 2.18. The average molecular weight is 375 g/mol. The molecule has 4 aromatic rings. The second kappa shape index (κ2) is 7.51. The van der Waals surface area contributed by atoms with Crippen molar-refractivity contribution >= 4 is 22.9 Å². The molecule has 0 aliphatic rings. The Hall–Kier alpha value is -3.32. The molecule has 1 amide bonds. The topological polar surface area (TPSA) is 72.7 Å². The first-order valence-corrected chi connectivity index (χ1v) is 9.26. The summed E-state index contributed by atoms with van der Waals surface area (Å²) in [6.45, 7) is 2.55. The molecule has 6 nitrogen and oxygen atoms in total. The van der Waals surface area contributed by atoms with Gasteiger partial charge in [0.15, 0.2) is 0 Å². The van der Waals surface area contributed by atoms with Gasteiger partial charge in [0.1, 0.15) is 17.5 Å². The minimum Gasteiger partial charge on any atom is -0.321 e. The van der Waals surface area contributed by atoms with Gasteiger partial charge in [0.25, 0.3) is 5.91 Å². The minimum atomic E-state index is -0.150. The van der Waals surface area contributed by atoms with E-state index in [1.807, 2.05) is 61.5 Å². The summed E-state index contributed by atoms with van der Waals surface area (Å²) in [5.74, 6) is -0.150. The van der Waals surface area contributed by atoms with Crippen LogP contribution < -0.4 is 5.32 Å². The summed E-state index contributed by atoms with van der Waals surface area (Å²) >= 11 is 1.40. The van der Waals surface area contributed by atoms with Crippen molar-refractivity contribution in [3.8, 4) is 11.3 Å². The van der Waals surface area contributed by atoms with Gasteiger partial charge in [-0.3, -0.25) is 4.79 Å². The summed E-state index contributed by atoms with van der Waals surface area (Å²) in [6.07, 6.45) is 3.18. The number of nitrogens with one attached hydrogen (secondary N) is 1. The number of carbonyl (C=O) groups is 1. The molecule has 2 aromatic carbocycles. The zero-order valence-corrected chi connectivity index (χ0v) is 15.5. The van der Waals surface area contributed by atoms with Gasteiger partial charge in [0.05, 0.1) is 17.2 Å². The van der Waals surface area contributed by atoms with Crippen LogP contribution >= 0.6 is 11.3 Å². The van der Waals surface area contributed by atoms with Crippen LogP contribution in [-0.2, 0) is 6.54 Å². The van der Waals surface area contributed by atoms with Crippen LogP contribution in [0.3, 0.4) is 0 Å². The Morgan fingerprint density at radius 3 is 2.59 bits per heavy atom. The van der Waals surface area contributed by atoms with Gasteiger partial charge in [-0.2, -0.15) is 5.10 Å². The van der Waals surface area contributed by atoms with Gasteiger partial charge in [-0.25, -0.2) is 14.6 Å². The number of anilines is 1. The fraction of sp³-hybridized carbons (Fsp3) is 0.100. The van der Waals surface area contributed by atoms with E-state index in [2.05, 4.69) is 20.4 Å². The number of carbonyl (C=O) groups excluding carboxylic acids is 1. The standard InChI is InChI=1S/C20H17N5OS/c1-14-23-18(16-5-3-2-4-6-16)19(27-14)20(26)24-17-9-7-15(8-10-17)11-25-13-21-12-22-25/h2-10,12-13H,11H2,1H3,(H,24,26). The summed E-state index contributed by atoms with van der Waals surface area (Å²) in [4.78, 5) is 21.9. The summed E-state index contributed by atoms with van der Waals surface area (Å²) in [5.41, 5.74) is 3.48. The molecule has 0 spiro atoms. The highest BCUT2D eigenvalue weighted by atomic mass is 32.1. The Balaban J connectivity index is 1.51. The Morgan fingerprint density at radius 2 is 1.89 bits per heavy atom. The van der Waals surface area contributed by atoms with E-state index in [0.29, 0.717) is 11.4 Å². The lowest BCUT2D eigenvalue weighted by Crippen LogP contribution is -2.11. The first-order valence-electron chi connectivity index (χ1n) is 8.44. The van der Waals surface area contributed by atoms with Crippen LogP contribution in [-0.4, -0.2) is 25.7 Å². The molecule has 0 aliphatic carbocycles. The largest absolute Gasteiger partial charge is 0.321 e. The Labute approximate surface area is 160 Å². The number of rotatable bonds is 5. The van der Waals surface area contributed by atoms with Gasteiger partial charge in [-0.15, -0.1) is 11.3 Å². The highest BCUT2D eigenvalue weighted by molar-refractivity contribution is 7.14. The summed E-state index contributed by atoms with van der Waals surface area (Å²) in [7, 11) is 0. The normalized spacial score (nSPS) is 10.7. The molecule has 0 unspecified atom stereocenters. The van der Waals surface area contributed by atoms with Gasteiger partial charge in [0.2, 0.25) is 0 Å². The van der Waals surface area contributed by atoms with E-state index < -0.39 is 0 Å². The number of benzene rings is 2. The van der Waals surface area contributed by atoms with E-state index in [1.54, 1.807) is 11.0 Å². The summed E-state index contributed by atoms with van der Waals surface area (Å²) in [5, 5.41) is 7.92. The lowest BCUT2D eigenvalue weighted by Gasteiger charge is -2.07. The van der Waals surface area contributed by atoms with E-state index in [0.717, 1.165) is 27.5 Å². The van der Waals surface area contributed by atoms with Crippen molar-refractivity contribution in [2.45, 2.75) is 13.5 Å². The second-order valence-electron chi connectivity index (χ2n) is 6.02. The van der Waals surface area contributed by atoms with Crippen molar-refractivity contribution in [1.29, 1.82) is 0 Å². The first-order chi connectivity index (χ1) is 13.2. The molecule has 0 saturated heterocycles. The maximum absolute atomic E-state index is 12.8. The minimum absolute atomic E-state index is 0.150. The predicted molar refractivity (Wildman–Crippen MR) is 106 cm³/mol. The Morgan fingerprint density at radius 1 is 1.11 bits per heavy atom. The third-order valence-electron chi connectivity index (χ3n) is 4.01. The van der Waals surface area contributed by atoms with Gasteiger partial charge in [-0.1, -0.05) is 42.5 Å². The number of aryl methyl sites for hydroxylation is 1.